The van der Waals surface area contributed by atoms with Crippen LogP contribution in [-0.2, 0) is 4.74 Å². The molecule has 1 atom stereocenters. The Kier molecular flexibility index (Phi) is 3.52. The second-order valence-electron chi connectivity index (χ2n) is 2.83. The molecule has 0 aromatic carbocycles. The molecule has 1 saturated heterocycles. The third-order valence-corrected chi connectivity index (χ3v) is 2.37. The Morgan fingerprint density at radius 3 is 3.00 bits per heavy atom. The first-order valence-corrected chi connectivity index (χ1v) is 4.32. The smallest absolute Gasteiger partial charge is 0.0503 e. The summed E-state index contributed by atoms with van der Waals surface area (Å²) in [5, 5.41) is 0. The van der Waals surface area contributed by atoms with E-state index in [0.29, 0.717) is 0 Å². The summed E-state index contributed by atoms with van der Waals surface area (Å²) >= 11 is 4.21. The van der Waals surface area contributed by atoms with Gasteiger partial charge in [0.05, 0.1) is 6.61 Å². The van der Waals surface area contributed by atoms with Gasteiger partial charge in [0.15, 0.2) is 0 Å². The van der Waals surface area contributed by atoms with E-state index in [-0.39, 0.29) is 0 Å². The molecule has 0 bridgehead atoms. The summed E-state index contributed by atoms with van der Waals surface area (Å²) in [6.07, 6.45) is 1.27. The molecule has 1 unspecified atom stereocenters. The molecule has 60 valence electrons. The highest BCUT2D eigenvalue weighted by atomic mass is 32.1. The Morgan fingerprint density at radius 2 is 2.50 bits per heavy atom. The summed E-state index contributed by atoms with van der Waals surface area (Å²) in [5.41, 5.74) is 0. The van der Waals surface area contributed by atoms with Crippen LogP contribution < -0.4 is 0 Å². The number of hydrogen-bond donors (Lipinski definition) is 1. The fourth-order valence-corrected chi connectivity index (χ4v) is 1.67. The van der Waals surface area contributed by atoms with Crippen LogP contribution in [0.3, 0.4) is 0 Å². The van der Waals surface area contributed by atoms with E-state index in [1.165, 1.54) is 13.0 Å². The Morgan fingerprint density at radius 1 is 1.70 bits per heavy atom. The number of likely N-dealkylation sites (tertiary alicyclic amines) is 1. The van der Waals surface area contributed by atoms with Crippen molar-refractivity contribution in [3.05, 3.63) is 0 Å². The lowest BCUT2D eigenvalue weighted by Crippen LogP contribution is -2.19. The van der Waals surface area contributed by atoms with Crippen molar-refractivity contribution >= 4 is 12.6 Å². The van der Waals surface area contributed by atoms with Crippen molar-refractivity contribution in [3.8, 4) is 0 Å². The van der Waals surface area contributed by atoms with Gasteiger partial charge in [-0.2, -0.15) is 12.6 Å². The van der Waals surface area contributed by atoms with E-state index in [9.17, 15) is 0 Å². The molecule has 1 rings (SSSR count). The van der Waals surface area contributed by atoms with Crippen LogP contribution in [0, 0.1) is 5.92 Å². The molecule has 0 N–H and O–H groups in total. The number of ether oxygens (including phenoxy) is 1. The SMILES string of the molecule is COCC1CCN(CS)C1. The molecule has 0 aromatic rings. The van der Waals surface area contributed by atoms with E-state index in [4.69, 9.17) is 4.74 Å². The molecule has 0 saturated carbocycles. The summed E-state index contributed by atoms with van der Waals surface area (Å²) in [6, 6.07) is 0. The normalized spacial score (nSPS) is 27.6. The zero-order valence-electron chi connectivity index (χ0n) is 6.42. The maximum Gasteiger partial charge on any atom is 0.0503 e. The number of hydrogen-bond acceptors (Lipinski definition) is 3. The standard InChI is InChI=1S/C7H15NOS/c1-9-5-7-2-3-8(4-7)6-10/h7,10H,2-6H2,1H3. The quantitative estimate of drug-likeness (QED) is 0.616. The lowest BCUT2D eigenvalue weighted by molar-refractivity contribution is 0.155. The van der Waals surface area contributed by atoms with E-state index in [1.54, 1.807) is 7.11 Å². The predicted molar refractivity (Wildman–Crippen MR) is 45.4 cm³/mol. The lowest BCUT2D eigenvalue weighted by atomic mass is 10.1. The zero-order chi connectivity index (χ0) is 7.40. The molecule has 2 nitrogen and oxygen atoms in total. The van der Waals surface area contributed by atoms with Gasteiger partial charge >= 0.3 is 0 Å². The summed E-state index contributed by atoms with van der Waals surface area (Å²) in [4.78, 5) is 2.34. The van der Waals surface area contributed by atoms with E-state index in [1.807, 2.05) is 0 Å². The fourth-order valence-electron chi connectivity index (χ4n) is 1.41. The van der Waals surface area contributed by atoms with Gasteiger partial charge in [0.2, 0.25) is 0 Å². The summed E-state index contributed by atoms with van der Waals surface area (Å²) in [7, 11) is 1.77. The summed E-state index contributed by atoms with van der Waals surface area (Å²) < 4.78 is 5.07. The molecule has 3 heteroatoms. The van der Waals surface area contributed by atoms with Crippen LogP contribution >= 0.6 is 12.6 Å². The van der Waals surface area contributed by atoms with E-state index in [2.05, 4.69) is 17.5 Å². The molecule has 0 amide bonds. The molecule has 0 radical (unpaired) electrons. The van der Waals surface area contributed by atoms with Crippen LogP contribution in [-0.4, -0.2) is 37.6 Å². The van der Waals surface area contributed by atoms with Crippen LogP contribution in [0.25, 0.3) is 0 Å². The minimum Gasteiger partial charge on any atom is -0.384 e. The van der Waals surface area contributed by atoms with Gasteiger partial charge in [-0.15, -0.1) is 0 Å². The minimum atomic E-state index is 0.747. The van der Waals surface area contributed by atoms with Crippen molar-refractivity contribution in [1.82, 2.24) is 4.90 Å². The highest BCUT2D eigenvalue weighted by Gasteiger charge is 2.20. The monoisotopic (exact) mass is 161 g/mol. The zero-order valence-corrected chi connectivity index (χ0v) is 7.31. The first-order chi connectivity index (χ1) is 4.86. The van der Waals surface area contributed by atoms with Crippen molar-refractivity contribution in [3.63, 3.8) is 0 Å². The van der Waals surface area contributed by atoms with Gasteiger partial charge in [-0.25, -0.2) is 0 Å². The number of thiol groups is 1. The van der Waals surface area contributed by atoms with Gasteiger partial charge in [-0.1, -0.05) is 0 Å². The Labute approximate surface area is 68.0 Å². The Balaban J connectivity index is 2.15. The third kappa shape index (κ3) is 2.15. The average molecular weight is 161 g/mol. The molecule has 1 aliphatic rings. The summed E-state index contributed by atoms with van der Waals surface area (Å²) in [6.45, 7) is 3.26. The molecule has 10 heavy (non-hydrogen) atoms. The van der Waals surface area contributed by atoms with Crippen LogP contribution in [0.1, 0.15) is 6.42 Å². The van der Waals surface area contributed by atoms with Gasteiger partial charge in [0, 0.05) is 19.5 Å². The van der Waals surface area contributed by atoms with Crippen LogP contribution in [0.15, 0.2) is 0 Å². The highest BCUT2D eigenvalue weighted by Crippen LogP contribution is 2.15. The van der Waals surface area contributed by atoms with Crippen LogP contribution in [0.2, 0.25) is 0 Å². The Bertz CT molecular complexity index is 99.6. The average Bonchev–Trinajstić information content (AvgIpc) is 2.37. The van der Waals surface area contributed by atoms with Gasteiger partial charge in [0.25, 0.3) is 0 Å². The number of methoxy groups -OCH3 is 1. The van der Waals surface area contributed by atoms with E-state index in [0.717, 1.165) is 24.9 Å². The fraction of sp³-hybridized carbons (Fsp3) is 1.00. The maximum atomic E-state index is 5.07. The van der Waals surface area contributed by atoms with Gasteiger partial charge in [-0.3, -0.25) is 4.90 Å². The molecule has 0 aliphatic carbocycles. The second-order valence-corrected chi connectivity index (χ2v) is 3.11. The molecule has 0 spiro atoms. The molecule has 1 heterocycles. The lowest BCUT2D eigenvalue weighted by Gasteiger charge is -2.11. The van der Waals surface area contributed by atoms with Crippen LogP contribution in [0.4, 0.5) is 0 Å². The van der Waals surface area contributed by atoms with Crippen molar-refractivity contribution in [2.75, 3.05) is 32.7 Å². The maximum absolute atomic E-state index is 5.07. The third-order valence-electron chi connectivity index (χ3n) is 1.97. The number of rotatable bonds is 3. The van der Waals surface area contributed by atoms with Crippen molar-refractivity contribution in [1.29, 1.82) is 0 Å². The predicted octanol–water partition coefficient (Wildman–Crippen LogP) is 0.842. The number of nitrogens with zero attached hydrogens (tertiary/aromatic N) is 1. The van der Waals surface area contributed by atoms with Crippen molar-refractivity contribution in [2.24, 2.45) is 5.92 Å². The van der Waals surface area contributed by atoms with Gasteiger partial charge in [-0.05, 0) is 18.9 Å². The molecular formula is C7H15NOS. The highest BCUT2D eigenvalue weighted by molar-refractivity contribution is 7.80. The molecule has 1 aliphatic heterocycles. The van der Waals surface area contributed by atoms with E-state index >= 15 is 0 Å². The van der Waals surface area contributed by atoms with Crippen molar-refractivity contribution in [2.45, 2.75) is 6.42 Å². The first kappa shape index (κ1) is 8.37. The largest absolute Gasteiger partial charge is 0.384 e. The van der Waals surface area contributed by atoms with Crippen molar-refractivity contribution < 1.29 is 4.74 Å². The first-order valence-electron chi connectivity index (χ1n) is 3.69. The molecule has 1 fully saturated rings. The Hall–Kier alpha value is 0.270. The van der Waals surface area contributed by atoms with Gasteiger partial charge < -0.3 is 4.74 Å². The molecule has 0 aromatic heterocycles. The minimum absolute atomic E-state index is 0.747. The van der Waals surface area contributed by atoms with Crippen LogP contribution in [0.5, 0.6) is 0 Å². The second kappa shape index (κ2) is 4.21. The van der Waals surface area contributed by atoms with E-state index < -0.39 is 0 Å². The van der Waals surface area contributed by atoms with Gasteiger partial charge in [0.1, 0.15) is 0 Å². The molecular weight excluding hydrogens is 146 g/mol. The topological polar surface area (TPSA) is 12.5 Å². The summed E-state index contributed by atoms with van der Waals surface area (Å²) in [5.74, 6) is 1.64.